The lowest BCUT2D eigenvalue weighted by molar-refractivity contribution is -0.114. The molecule has 5 rings (SSSR count). The van der Waals surface area contributed by atoms with Crippen LogP contribution in [0.1, 0.15) is 90.9 Å². The molecule has 0 aromatic heterocycles. The topological polar surface area (TPSA) is 37.3 Å². The second-order valence-electron chi connectivity index (χ2n) is 10.4. The smallest absolute Gasteiger partial charge is 0.0968 e. The molecule has 26 heavy (non-hydrogen) atoms. The van der Waals surface area contributed by atoms with E-state index in [0.29, 0.717) is 34.2 Å². The summed E-state index contributed by atoms with van der Waals surface area (Å²) in [7, 11) is -2.24. The van der Waals surface area contributed by atoms with Gasteiger partial charge in [0.15, 0.2) is 0 Å². The van der Waals surface area contributed by atoms with E-state index in [-0.39, 0.29) is 15.0 Å². The second kappa shape index (κ2) is 7.94. The van der Waals surface area contributed by atoms with Crippen LogP contribution in [0, 0.1) is 23.2 Å². The van der Waals surface area contributed by atoms with Crippen molar-refractivity contribution in [2.45, 2.75) is 108 Å². The van der Waals surface area contributed by atoms with Gasteiger partial charge in [0.25, 0.3) is 0 Å². The molecule has 5 aliphatic rings. The van der Waals surface area contributed by atoms with Crippen molar-refractivity contribution in [3.63, 3.8) is 0 Å². The molecular weight excluding hydrogens is 338 g/mol. The molecule has 3 radical (unpaired) electrons. The van der Waals surface area contributed by atoms with Gasteiger partial charge < -0.3 is 9.67 Å². The van der Waals surface area contributed by atoms with Gasteiger partial charge in [-0.15, -0.1) is 0 Å². The van der Waals surface area contributed by atoms with Gasteiger partial charge in [0.1, 0.15) is 0 Å². The monoisotopic (exact) mass is 377 g/mol. The van der Waals surface area contributed by atoms with E-state index in [1.54, 1.807) is 0 Å². The van der Waals surface area contributed by atoms with Crippen LogP contribution in [-0.4, -0.2) is 37.1 Å². The van der Waals surface area contributed by atoms with Crippen LogP contribution in [0.3, 0.4) is 0 Å². The van der Waals surface area contributed by atoms with Gasteiger partial charge in [-0.1, -0.05) is 52.4 Å². The Morgan fingerprint density at radius 1 is 0.885 bits per heavy atom. The minimum absolute atomic E-state index is 0. The first kappa shape index (κ1) is 21.0. The van der Waals surface area contributed by atoms with Crippen LogP contribution in [0.5, 0.6) is 0 Å². The number of hydrogen-bond acceptors (Lipinski definition) is 2. The van der Waals surface area contributed by atoms with Gasteiger partial charge in [0.2, 0.25) is 0 Å². The molecular formula is C22H39BO2P. The van der Waals surface area contributed by atoms with Crippen molar-refractivity contribution in [1.82, 2.24) is 0 Å². The standard InChI is InChI=1S/C22H39O2P.B/c1-22(2)16-13-20(22)19(15-23)21(14-16)25(24,17-9-5-3-6-10-17)18-11-7-4-8-12-18;/h16-21,23H,3-15H2,1-2H3;/t16?,19-,20?,21+;/m0./s1. The molecule has 2 bridgehead atoms. The molecule has 0 amide bonds. The van der Waals surface area contributed by atoms with E-state index in [0.717, 1.165) is 12.3 Å². The summed E-state index contributed by atoms with van der Waals surface area (Å²) in [6, 6.07) is 0. The lowest BCUT2D eigenvalue weighted by Gasteiger charge is -2.64. The van der Waals surface area contributed by atoms with Gasteiger partial charge in [-0.3, -0.25) is 0 Å². The number of aliphatic hydroxyl groups is 1. The predicted molar refractivity (Wildman–Crippen MR) is 111 cm³/mol. The van der Waals surface area contributed by atoms with Crippen molar-refractivity contribution in [3.05, 3.63) is 0 Å². The quantitative estimate of drug-likeness (QED) is 0.506. The zero-order chi connectivity index (χ0) is 17.7. The fourth-order valence-corrected chi connectivity index (χ4v) is 12.9. The molecule has 4 atom stereocenters. The van der Waals surface area contributed by atoms with Crippen LogP contribution in [0.2, 0.25) is 0 Å². The van der Waals surface area contributed by atoms with Crippen molar-refractivity contribution in [2.24, 2.45) is 23.2 Å². The summed E-state index contributed by atoms with van der Waals surface area (Å²) >= 11 is 0. The molecule has 5 fully saturated rings. The van der Waals surface area contributed by atoms with Gasteiger partial charge >= 0.3 is 0 Å². The molecule has 1 N–H and O–H groups in total. The molecule has 0 spiro atoms. The van der Waals surface area contributed by atoms with Crippen LogP contribution in [-0.2, 0) is 4.57 Å². The van der Waals surface area contributed by atoms with Crippen molar-refractivity contribution >= 4 is 15.6 Å². The third-order valence-electron chi connectivity index (χ3n) is 9.10. The van der Waals surface area contributed by atoms with E-state index in [9.17, 15) is 9.67 Å². The molecule has 0 saturated heterocycles. The molecule has 0 aromatic rings. The van der Waals surface area contributed by atoms with Crippen LogP contribution >= 0.6 is 7.14 Å². The maximum absolute atomic E-state index is 14.9. The minimum Gasteiger partial charge on any atom is -0.396 e. The van der Waals surface area contributed by atoms with Gasteiger partial charge in [0, 0.05) is 32.0 Å². The highest BCUT2D eigenvalue weighted by Crippen LogP contribution is 2.74. The Morgan fingerprint density at radius 2 is 1.38 bits per heavy atom. The largest absolute Gasteiger partial charge is 0.396 e. The van der Waals surface area contributed by atoms with Crippen LogP contribution < -0.4 is 0 Å². The van der Waals surface area contributed by atoms with E-state index >= 15 is 0 Å². The zero-order valence-corrected chi connectivity index (χ0v) is 17.9. The fourth-order valence-electron chi connectivity index (χ4n) is 7.44. The highest BCUT2D eigenvalue weighted by atomic mass is 31.2. The Bertz CT molecular complexity index is 500. The summed E-state index contributed by atoms with van der Waals surface area (Å²) in [4.78, 5) is 0. The second-order valence-corrected chi connectivity index (χ2v) is 14.0. The first-order valence-corrected chi connectivity index (χ1v) is 13.1. The lowest BCUT2D eigenvalue weighted by atomic mass is 9.45. The zero-order valence-electron chi connectivity index (χ0n) is 17.0. The molecule has 147 valence electrons. The molecule has 0 heterocycles. The molecule has 0 aliphatic heterocycles. The Kier molecular flexibility index (Phi) is 6.41. The third-order valence-corrected chi connectivity index (χ3v) is 14.0. The first-order chi connectivity index (χ1) is 12.0. The molecule has 0 aromatic carbocycles. The Balaban J connectivity index is 0.00000196. The summed E-state index contributed by atoms with van der Waals surface area (Å²) in [6.45, 7) is 5.07. The molecule has 4 heteroatoms. The minimum atomic E-state index is -2.24. The lowest BCUT2D eigenvalue weighted by Crippen LogP contribution is -2.59. The molecule has 2 unspecified atom stereocenters. The van der Waals surface area contributed by atoms with E-state index in [4.69, 9.17) is 0 Å². The van der Waals surface area contributed by atoms with Gasteiger partial charge in [-0.25, -0.2) is 0 Å². The summed E-state index contributed by atoms with van der Waals surface area (Å²) < 4.78 is 14.9. The average Bonchev–Trinajstić information content (AvgIpc) is 2.68. The number of hydrogen-bond donors (Lipinski definition) is 1. The third kappa shape index (κ3) is 3.18. The number of aliphatic hydroxyl groups excluding tert-OH is 1. The fraction of sp³-hybridized carbons (Fsp3) is 1.00. The van der Waals surface area contributed by atoms with Crippen molar-refractivity contribution in [1.29, 1.82) is 0 Å². The summed E-state index contributed by atoms with van der Waals surface area (Å²) in [5.41, 5.74) is 1.70. The van der Waals surface area contributed by atoms with E-state index in [1.165, 1.54) is 70.6 Å². The van der Waals surface area contributed by atoms with E-state index < -0.39 is 7.14 Å². The van der Waals surface area contributed by atoms with Crippen LogP contribution in [0.15, 0.2) is 0 Å². The summed E-state index contributed by atoms with van der Waals surface area (Å²) in [5, 5.41) is 10.3. The Morgan fingerprint density at radius 3 is 1.81 bits per heavy atom. The highest BCUT2D eigenvalue weighted by Gasteiger charge is 2.62. The summed E-state index contributed by atoms with van der Waals surface area (Å²) in [6.07, 6.45) is 15.1. The Labute approximate surface area is 163 Å². The number of fused-ring (bicyclic) bond motifs is 2. The van der Waals surface area contributed by atoms with Gasteiger partial charge in [-0.05, 0) is 61.7 Å². The van der Waals surface area contributed by atoms with Gasteiger partial charge in [0.05, 0.1) is 7.14 Å². The molecule has 5 aliphatic carbocycles. The van der Waals surface area contributed by atoms with Gasteiger partial charge in [-0.2, -0.15) is 0 Å². The van der Waals surface area contributed by atoms with Crippen molar-refractivity contribution in [3.8, 4) is 0 Å². The Hall–Kier alpha value is 0.255. The highest BCUT2D eigenvalue weighted by molar-refractivity contribution is 7.66. The molecule has 5 saturated carbocycles. The van der Waals surface area contributed by atoms with E-state index in [2.05, 4.69) is 13.8 Å². The van der Waals surface area contributed by atoms with Crippen molar-refractivity contribution in [2.75, 3.05) is 6.61 Å². The van der Waals surface area contributed by atoms with Crippen LogP contribution in [0.4, 0.5) is 0 Å². The summed E-state index contributed by atoms with van der Waals surface area (Å²) in [5.74, 6) is 1.68. The maximum Gasteiger partial charge on any atom is 0.0968 e. The van der Waals surface area contributed by atoms with Crippen LogP contribution in [0.25, 0.3) is 0 Å². The van der Waals surface area contributed by atoms with Crippen molar-refractivity contribution < 1.29 is 9.67 Å². The van der Waals surface area contributed by atoms with E-state index in [1.807, 2.05) is 0 Å². The normalized spacial score (nSPS) is 38.3. The predicted octanol–water partition coefficient (Wildman–Crippen LogP) is 5.68. The average molecular weight is 377 g/mol. The first-order valence-electron chi connectivity index (χ1n) is 11.2. The number of rotatable bonds is 4. The SMILES string of the molecule is CC1(C)C2CC1[C@H](CO)[C@H](P(=O)(C1CCCCC1)C1CCCCC1)C2.[B]. The maximum atomic E-state index is 14.9. The molecule has 2 nitrogen and oxygen atoms in total.